The van der Waals surface area contributed by atoms with Crippen LogP contribution in [0.1, 0.15) is 36.0 Å². The molecule has 0 unspecified atom stereocenters. The average molecular weight is 584 g/mol. The molecule has 4 heterocycles. The standard InChI is InChI=1S/C32H34ClN7O2/c1-39(2)15-5-8-29(41)36-21-11-9-20(10-12-21)31(42)40-23-13-14-24(40)17-22(16-23)37-32-35-19-27(33)30(38-32)26-18-34-28-7-4-3-6-25(26)28/h3-12,18-19,22-24,34H,13-17H2,1-2H3,(H,36,41)(H,35,37,38)/b8-5+/t22-,23+,24-. The van der Waals surface area contributed by atoms with E-state index in [1.165, 1.54) is 6.08 Å². The fourth-order valence-corrected chi connectivity index (χ4v) is 6.29. The topological polar surface area (TPSA) is 106 Å². The number of piperidine rings is 1. The van der Waals surface area contributed by atoms with Crippen LogP contribution in [0.15, 0.2) is 73.1 Å². The zero-order valence-corrected chi connectivity index (χ0v) is 24.4. The van der Waals surface area contributed by atoms with Crippen molar-refractivity contribution in [2.75, 3.05) is 31.3 Å². The summed E-state index contributed by atoms with van der Waals surface area (Å²) in [6, 6.07) is 15.7. The van der Waals surface area contributed by atoms with Crippen LogP contribution in [0, 0.1) is 0 Å². The van der Waals surface area contributed by atoms with Crippen molar-refractivity contribution >= 4 is 46.0 Å². The second-order valence-corrected chi connectivity index (χ2v) is 11.7. The zero-order valence-electron chi connectivity index (χ0n) is 23.7. The molecule has 0 spiro atoms. The van der Waals surface area contributed by atoms with Crippen LogP contribution in [0.25, 0.3) is 22.2 Å². The van der Waals surface area contributed by atoms with Gasteiger partial charge in [-0.2, -0.15) is 0 Å². The molecule has 42 heavy (non-hydrogen) atoms. The number of amides is 2. The Morgan fingerprint density at radius 2 is 1.83 bits per heavy atom. The van der Waals surface area contributed by atoms with Gasteiger partial charge < -0.3 is 25.4 Å². The third-order valence-electron chi connectivity index (χ3n) is 8.03. The van der Waals surface area contributed by atoms with Crippen molar-refractivity contribution in [3.05, 3.63) is 83.7 Å². The van der Waals surface area contributed by atoms with Gasteiger partial charge in [0.25, 0.3) is 5.91 Å². The molecular weight excluding hydrogens is 550 g/mol. The quantitative estimate of drug-likeness (QED) is 0.234. The van der Waals surface area contributed by atoms with E-state index >= 15 is 0 Å². The van der Waals surface area contributed by atoms with E-state index in [-0.39, 0.29) is 29.9 Å². The number of fused-ring (bicyclic) bond motifs is 3. The molecule has 2 aromatic heterocycles. The van der Waals surface area contributed by atoms with E-state index in [0.29, 0.717) is 34.5 Å². The number of rotatable bonds is 8. The Morgan fingerprint density at radius 1 is 1.10 bits per heavy atom. The van der Waals surface area contributed by atoms with Crippen LogP contribution in [-0.4, -0.2) is 75.3 Å². The molecule has 0 saturated carbocycles. The molecule has 0 aliphatic carbocycles. The number of carbonyl (C=O) groups is 2. The Bertz CT molecular complexity index is 1620. The van der Waals surface area contributed by atoms with Crippen LogP contribution in [-0.2, 0) is 4.79 Å². The molecule has 2 fully saturated rings. The lowest BCUT2D eigenvalue weighted by Crippen LogP contribution is -2.49. The Labute approximate surface area is 250 Å². The molecule has 9 nitrogen and oxygen atoms in total. The lowest BCUT2D eigenvalue weighted by molar-refractivity contribution is -0.111. The van der Waals surface area contributed by atoms with Crippen LogP contribution >= 0.6 is 11.6 Å². The molecule has 6 rings (SSSR count). The van der Waals surface area contributed by atoms with Crippen molar-refractivity contribution in [2.45, 2.75) is 43.8 Å². The number of para-hydroxylation sites is 1. The first-order valence-electron chi connectivity index (χ1n) is 14.3. The number of halogens is 1. The van der Waals surface area contributed by atoms with Crippen LogP contribution in [0.5, 0.6) is 0 Å². The van der Waals surface area contributed by atoms with Crippen molar-refractivity contribution in [2.24, 2.45) is 0 Å². The smallest absolute Gasteiger partial charge is 0.254 e. The monoisotopic (exact) mass is 583 g/mol. The average Bonchev–Trinajstić information content (AvgIpc) is 3.52. The van der Waals surface area contributed by atoms with E-state index in [1.54, 1.807) is 30.5 Å². The summed E-state index contributed by atoms with van der Waals surface area (Å²) in [7, 11) is 3.89. The van der Waals surface area contributed by atoms with E-state index in [1.807, 2.05) is 55.5 Å². The largest absolute Gasteiger partial charge is 0.360 e. The van der Waals surface area contributed by atoms with E-state index < -0.39 is 0 Å². The molecule has 0 radical (unpaired) electrons. The summed E-state index contributed by atoms with van der Waals surface area (Å²) >= 11 is 6.53. The van der Waals surface area contributed by atoms with Gasteiger partial charge in [-0.25, -0.2) is 9.97 Å². The minimum absolute atomic E-state index is 0.0362. The fourth-order valence-electron chi connectivity index (χ4n) is 6.10. The third kappa shape index (κ3) is 5.89. The molecular formula is C32H34ClN7O2. The summed E-state index contributed by atoms with van der Waals surface area (Å²) in [5.74, 6) is 0.383. The van der Waals surface area contributed by atoms with Crippen LogP contribution in [0.4, 0.5) is 11.6 Å². The molecule has 10 heteroatoms. The van der Waals surface area contributed by atoms with Gasteiger partial charge in [0.05, 0.1) is 16.9 Å². The van der Waals surface area contributed by atoms with E-state index in [2.05, 4.69) is 25.5 Å². The lowest BCUT2D eigenvalue weighted by atomic mass is 9.96. The normalized spacial score (nSPS) is 20.0. The number of H-pyrrole nitrogens is 1. The van der Waals surface area contributed by atoms with Crippen LogP contribution in [0.2, 0.25) is 5.02 Å². The number of hydrogen-bond donors (Lipinski definition) is 3. The first-order chi connectivity index (χ1) is 20.4. The maximum Gasteiger partial charge on any atom is 0.254 e. The van der Waals surface area contributed by atoms with Gasteiger partial charge in [0.2, 0.25) is 11.9 Å². The molecule has 2 saturated heterocycles. The van der Waals surface area contributed by atoms with E-state index in [4.69, 9.17) is 16.6 Å². The van der Waals surface area contributed by atoms with Gasteiger partial charge in [-0.05, 0) is 70.1 Å². The molecule has 216 valence electrons. The Balaban J connectivity index is 1.10. The number of nitrogens with zero attached hydrogens (tertiary/aromatic N) is 4. The van der Waals surface area contributed by atoms with Crippen molar-refractivity contribution in [1.29, 1.82) is 0 Å². The number of aromatic amines is 1. The second kappa shape index (κ2) is 12.0. The summed E-state index contributed by atoms with van der Waals surface area (Å²) in [6.45, 7) is 0.689. The van der Waals surface area contributed by atoms with Gasteiger partial charge >= 0.3 is 0 Å². The van der Waals surface area contributed by atoms with Crippen molar-refractivity contribution in [1.82, 2.24) is 24.8 Å². The zero-order chi connectivity index (χ0) is 29.2. The molecule has 2 aliphatic rings. The van der Waals surface area contributed by atoms with Crippen LogP contribution < -0.4 is 10.6 Å². The van der Waals surface area contributed by atoms with E-state index in [0.717, 1.165) is 42.1 Å². The highest BCUT2D eigenvalue weighted by Gasteiger charge is 2.43. The Morgan fingerprint density at radius 3 is 2.57 bits per heavy atom. The van der Waals surface area contributed by atoms with Crippen molar-refractivity contribution in [3.63, 3.8) is 0 Å². The first kappa shape index (κ1) is 27.9. The predicted molar refractivity (Wildman–Crippen MR) is 167 cm³/mol. The van der Waals surface area contributed by atoms with Gasteiger partial charge in [0.15, 0.2) is 0 Å². The minimum Gasteiger partial charge on any atom is -0.360 e. The number of nitrogens with one attached hydrogen (secondary N) is 3. The molecule has 4 aromatic rings. The van der Waals surface area contributed by atoms with Gasteiger partial charge in [0.1, 0.15) is 0 Å². The van der Waals surface area contributed by atoms with E-state index in [9.17, 15) is 9.59 Å². The van der Waals surface area contributed by atoms with Gasteiger partial charge in [-0.1, -0.05) is 35.9 Å². The lowest BCUT2D eigenvalue weighted by Gasteiger charge is -2.39. The number of benzene rings is 2. The van der Waals surface area contributed by atoms with Gasteiger partial charge in [-0.15, -0.1) is 0 Å². The highest BCUT2D eigenvalue weighted by atomic mass is 35.5. The molecule has 3 N–H and O–H groups in total. The first-order valence-corrected chi connectivity index (χ1v) is 14.6. The van der Waals surface area contributed by atoms with Crippen LogP contribution in [0.3, 0.4) is 0 Å². The molecule has 2 amide bonds. The highest BCUT2D eigenvalue weighted by Crippen LogP contribution is 2.38. The maximum absolute atomic E-state index is 13.5. The predicted octanol–water partition coefficient (Wildman–Crippen LogP) is 5.58. The highest BCUT2D eigenvalue weighted by molar-refractivity contribution is 6.33. The number of carbonyl (C=O) groups excluding carboxylic acids is 2. The third-order valence-corrected chi connectivity index (χ3v) is 8.31. The summed E-state index contributed by atoms with van der Waals surface area (Å²) in [5, 5.41) is 7.93. The van der Waals surface area contributed by atoms with Crippen molar-refractivity contribution < 1.29 is 9.59 Å². The Kier molecular flexibility index (Phi) is 7.95. The van der Waals surface area contributed by atoms with Gasteiger partial charge in [0, 0.05) is 64.7 Å². The summed E-state index contributed by atoms with van der Waals surface area (Å²) < 4.78 is 0. The number of hydrogen-bond acceptors (Lipinski definition) is 6. The molecule has 2 aromatic carbocycles. The minimum atomic E-state index is -0.193. The summed E-state index contributed by atoms with van der Waals surface area (Å²) in [6.07, 6.45) is 10.5. The second-order valence-electron chi connectivity index (χ2n) is 11.3. The van der Waals surface area contributed by atoms with Crippen molar-refractivity contribution in [3.8, 4) is 11.3 Å². The number of aromatic nitrogens is 3. The van der Waals surface area contributed by atoms with Gasteiger partial charge in [-0.3, -0.25) is 9.59 Å². The number of anilines is 2. The molecule has 2 bridgehead atoms. The summed E-state index contributed by atoms with van der Waals surface area (Å²) in [4.78, 5) is 42.3. The Hall–Kier alpha value is -4.21. The molecule has 3 atom stereocenters. The number of likely N-dealkylation sites (N-methyl/N-ethyl adjacent to an activating group) is 1. The molecule has 2 aliphatic heterocycles. The SMILES string of the molecule is CN(C)C/C=C/C(=O)Nc1ccc(C(=O)N2[C@@H]3CC[C@H]2C[C@@H](Nc2ncc(Cl)c(-c4c[nH]c5ccccc45)n2)C3)cc1. The summed E-state index contributed by atoms with van der Waals surface area (Å²) in [5.41, 5.74) is 3.94. The maximum atomic E-state index is 13.5. The fraction of sp³-hybridized carbons (Fsp3) is 0.312.